The highest BCUT2D eigenvalue weighted by Gasteiger charge is 2.00. The number of hydrogen-bond donors (Lipinski definition) is 0. The molecule has 0 saturated carbocycles. The van der Waals surface area contributed by atoms with Crippen LogP contribution in [0.1, 0.15) is 44.6 Å². The van der Waals surface area contributed by atoms with Gasteiger partial charge in [-0.25, -0.2) is 0 Å². The van der Waals surface area contributed by atoms with Gasteiger partial charge in [0.2, 0.25) is 0 Å². The van der Waals surface area contributed by atoms with E-state index in [4.69, 9.17) is 4.52 Å². The molecule has 0 atom stereocenters. The molecule has 2 heteroatoms. The third kappa shape index (κ3) is 2.68. The maximum absolute atomic E-state index is 5.09. The SMILES string of the molecule is CCCCCc1cc(CC)on1. The van der Waals surface area contributed by atoms with Crippen LogP contribution in [-0.2, 0) is 12.8 Å². The van der Waals surface area contributed by atoms with Gasteiger partial charge in [0.1, 0.15) is 5.76 Å². The van der Waals surface area contributed by atoms with Gasteiger partial charge in [0.25, 0.3) is 0 Å². The standard InChI is InChI=1S/C10H17NO/c1-3-5-6-7-9-8-10(4-2)12-11-9/h8H,3-7H2,1-2H3. The van der Waals surface area contributed by atoms with Crippen LogP contribution in [0.2, 0.25) is 0 Å². The summed E-state index contributed by atoms with van der Waals surface area (Å²) in [4.78, 5) is 0. The van der Waals surface area contributed by atoms with Crippen LogP contribution in [0.5, 0.6) is 0 Å². The molecule has 1 aromatic heterocycles. The van der Waals surface area contributed by atoms with Crippen LogP contribution in [0.25, 0.3) is 0 Å². The fraction of sp³-hybridized carbons (Fsp3) is 0.700. The topological polar surface area (TPSA) is 26.0 Å². The van der Waals surface area contributed by atoms with Crippen molar-refractivity contribution in [1.29, 1.82) is 0 Å². The van der Waals surface area contributed by atoms with Crippen molar-refractivity contribution < 1.29 is 4.52 Å². The Hall–Kier alpha value is -0.790. The minimum Gasteiger partial charge on any atom is -0.361 e. The van der Waals surface area contributed by atoms with Crippen LogP contribution < -0.4 is 0 Å². The molecule has 12 heavy (non-hydrogen) atoms. The quantitative estimate of drug-likeness (QED) is 0.630. The summed E-state index contributed by atoms with van der Waals surface area (Å²) in [5, 5.41) is 3.98. The Morgan fingerprint density at radius 1 is 1.33 bits per heavy atom. The fourth-order valence-electron chi connectivity index (χ4n) is 1.20. The summed E-state index contributed by atoms with van der Waals surface area (Å²) in [6.45, 7) is 4.29. The van der Waals surface area contributed by atoms with Crippen molar-refractivity contribution in [3.05, 3.63) is 17.5 Å². The zero-order valence-corrected chi connectivity index (χ0v) is 7.97. The molecule has 0 spiro atoms. The van der Waals surface area contributed by atoms with E-state index in [1.165, 1.54) is 19.3 Å². The summed E-state index contributed by atoms with van der Waals surface area (Å²) in [6, 6.07) is 2.07. The Balaban J connectivity index is 2.31. The second-order valence-corrected chi connectivity index (χ2v) is 3.10. The molecule has 0 saturated heterocycles. The second-order valence-electron chi connectivity index (χ2n) is 3.10. The first-order chi connectivity index (χ1) is 5.86. The van der Waals surface area contributed by atoms with Gasteiger partial charge in [-0.1, -0.05) is 31.8 Å². The van der Waals surface area contributed by atoms with Gasteiger partial charge in [0.15, 0.2) is 0 Å². The highest BCUT2D eigenvalue weighted by Crippen LogP contribution is 2.08. The van der Waals surface area contributed by atoms with Crippen LogP contribution in [-0.4, -0.2) is 5.16 Å². The number of hydrogen-bond acceptors (Lipinski definition) is 2. The molecule has 1 aromatic rings. The Labute approximate surface area is 74.0 Å². The number of unbranched alkanes of at least 4 members (excludes halogenated alkanes) is 2. The van der Waals surface area contributed by atoms with E-state index < -0.39 is 0 Å². The first-order valence-corrected chi connectivity index (χ1v) is 4.81. The Morgan fingerprint density at radius 2 is 2.17 bits per heavy atom. The largest absolute Gasteiger partial charge is 0.361 e. The van der Waals surface area contributed by atoms with E-state index in [9.17, 15) is 0 Å². The molecule has 1 rings (SSSR count). The molecule has 0 aliphatic rings. The van der Waals surface area contributed by atoms with Gasteiger partial charge in [0.05, 0.1) is 5.69 Å². The van der Waals surface area contributed by atoms with Gasteiger partial charge in [-0.2, -0.15) is 0 Å². The van der Waals surface area contributed by atoms with Crippen LogP contribution in [0.3, 0.4) is 0 Å². The summed E-state index contributed by atoms with van der Waals surface area (Å²) >= 11 is 0. The molecule has 0 amide bonds. The lowest BCUT2D eigenvalue weighted by molar-refractivity contribution is 0.379. The number of aromatic nitrogens is 1. The highest BCUT2D eigenvalue weighted by molar-refractivity contribution is 5.04. The van der Waals surface area contributed by atoms with E-state index in [1.807, 2.05) is 0 Å². The highest BCUT2D eigenvalue weighted by atomic mass is 16.5. The van der Waals surface area contributed by atoms with Gasteiger partial charge < -0.3 is 4.52 Å². The smallest absolute Gasteiger partial charge is 0.136 e. The van der Waals surface area contributed by atoms with E-state index in [-0.39, 0.29) is 0 Å². The predicted octanol–water partition coefficient (Wildman–Crippen LogP) is 2.97. The van der Waals surface area contributed by atoms with E-state index in [2.05, 4.69) is 25.1 Å². The van der Waals surface area contributed by atoms with Gasteiger partial charge in [0, 0.05) is 12.5 Å². The maximum Gasteiger partial charge on any atom is 0.136 e. The lowest BCUT2D eigenvalue weighted by atomic mass is 10.1. The maximum atomic E-state index is 5.09. The Bertz CT molecular complexity index is 217. The third-order valence-electron chi connectivity index (χ3n) is 1.99. The zero-order valence-electron chi connectivity index (χ0n) is 7.97. The molecule has 2 nitrogen and oxygen atoms in total. The minimum atomic E-state index is 0.945. The molecule has 1 heterocycles. The Kier molecular flexibility index (Phi) is 3.85. The van der Waals surface area contributed by atoms with Crippen molar-refractivity contribution in [2.75, 3.05) is 0 Å². The predicted molar refractivity (Wildman–Crippen MR) is 49.1 cm³/mol. The summed E-state index contributed by atoms with van der Waals surface area (Å²) < 4.78 is 5.09. The minimum absolute atomic E-state index is 0.945. The number of rotatable bonds is 5. The van der Waals surface area contributed by atoms with Crippen LogP contribution in [0.15, 0.2) is 10.6 Å². The molecule has 0 bridgehead atoms. The fourth-order valence-corrected chi connectivity index (χ4v) is 1.20. The molecular formula is C10H17NO. The molecule has 0 N–H and O–H groups in total. The average molecular weight is 167 g/mol. The monoisotopic (exact) mass is 167 g/mol. The summed E-state index contributed by atoms with van der Waals surface area (Å²) in [5.74, 6) is 1.00. The summed E-state index contributed by atoms with van der Waals surface area (Å²) in [6.07, 6.45) is 5.79. The van der Waals surface area contributed by atoms with Crippen molar-refractivity contribution >= 4 is 0 Å². The van der Waals surface area contributed by atoms with Crippen LogP contribution >= 0.6 is 0 Å². The molecule has 68 valence electrons. The van der Waals surface area contributed by atoms with Crippen LogP contribution in [0.4, 0.5) is 0 Å². The molecule has 0 unspecified atom stereocenters. The number of aryl methyl sites for hydroxylation is 2. The van der Waals surface area contributed by atoms with E-state index in [1.54, 1.807) is 0 Å². The summed E-state index contributed by atoms with van der Waals surface area (Å²) in [5.41, 5.74) is 1.11. The normalized spacial score (nSPS) is 10.5. The van der Waals surface area contributed by atoms with Crippen molar-refractivity contribution in [2.24, 2.45) is 0 Å². The molecule has 0 aliphatic heterocycles. The summed E-state index contributed by atoms with van der Waals surface area (Å²) in [7, 11) is 0. The first kappa shape index (κ1) is 9.30. The van der Waals surface area contributed by atoms with E-state index >= 15 is 0 Å². The molecule has 0 aromatic carbocycles. The van der Waals surface area contributed by atoms with Gasteiger partial charge in [-0.3, -0.25) is 0 Å². The Morgan fingerprint density at radius 3 is 2.75 bits per heavy atom. The van der Waals surface area contributed by atoms with Crippen LogP contribution in [0, 0.1) is 0 Å². The van der Waals surface area contributed by atoms with Gasteiger partial charge in [-0.05, 0) is 12.8 Å². The van der Waals surface area contributed by atoms with Gasteiger partial charge >= 0.3 is 0 Å². The first-order valence-electron chi connectivity index (χ1n) is 4.81. The molecule has 0 radical (unpaired) electrons. The zero-order chi connectivity index (χ0) is 8.81. The van der Waals surface area contributed by atoms with Crippen molar-refractivity contribution in [2.45, 2.75) is 46.0 Å². The average Bonchev–Trinajstić information content (AvgIpc) is 2.53. The van der Waals surface area contributed by atoms with E-state index in [0.717, 1.165) is 24.3 Å². The lowest BCUT2D eigenvalue weighted by Gasteiger charge is -1.91. The van der Waals surface area contributed by atoms with Gasteiger partial charge in [-0.15, -0.1) is 0 Å². The number of nitrogens with zero attached hydrogens (tertiary/aromatic N) is 1. The lowest BCUT2D eigenvalue weighted by Crippen LogP contribution is -1.83. The van der Waals surface area contributed by atoms with Crippen molar-refractivity contribution in [1.82, 2.24) is 5.16 Å². The van der Waals surface area contributed by atoms with Crippen molar-refractivity contribution in [3.8, 4) is 0 Å². The molecular weight excluding hydrogens is 150 g/mol. The van der Waals surface area contributed by atoms with Crippen molar-refractivity contribution in [3.63, 3.8) is 0 Å². The molecule has 0 fully saturated rings. The van der Waals surface area contributed by atoms with E-state index in [0.29, 0.717) is 0 Å². The third-order valence-corrected chi connectivity index (χ3v) is 1.99. The molecule has 0 aliphatic carbocycles. The second kappa shape index (κ2) is 4.96.